The number of amides is 1. The number of nitrogens with one attached hydrogen (secondary N) is 1. The van der Waals surface area contributed by atoms with Crippen LogP contribution >= 0.6 is 11.3 Å². The van der Waals surface area contributed by atoms with Crippen molar-refractivity contribution in [2.24, 2.45) is 0 Å². The number of nitrogens with zero attached hydrogens (tertiary/aromatic N) is 4. The third kappa shape index (κ3) is 2.57. The van der Waals surface area contributed by atoms with E-state index >= 15 is 0 Å². The molecule has 0 fully saturated rings. The molecule has 1 aliphatic rings. The molecule has 1 N–H and O–H groups in total. The third-order valence-corrected chi connectivity index (χ3v) is 4.61. The zero-order valence-electron chi connectivity index (χ0n) is 12.0. The maximum atomic E-state index is 12.7. The summed E-state index contributed by atoms with van der Waals surface area (Å²) in [5.74, 6) is 0.697. The molecule has 1 atom stereocenters. The predicted molar refractivity (Wildman–Crippen MR) is 83.8 cm³/mol. The second-order valence-corrected chi connectivity index (χ2v) is 6.01. The molecule has 0 radical (unpaired) electrons. The van der Waals surface area contributed by atoms with Crippen LogP contribution in [0.25, 0.3) is 5.69 Å². The number of hydrogen-bond donors (Lipinski definition) is 1. The Morgan fingerprint density at radius 2 is 2.26 bits per heavy atom. The van der Waals surface area contributed by atoms with Crippen LogP contribution in [0.2, 0.25) is 0 Å². The summed E-state index contributed by atoms with van der Waals surface area (Å²) in [5.41, 5.74) is 1.69. The molecular formula is C15H13N5O2S. The van der Waals surface area contributed by atoms with E-state index in [1.54, 1.807) is 0 Å². The van der Waals surface area contributed by atoms with E-state index in [0.717, 1.165) is 17.7 Å². The number of hydrogen-bond acceptors (Lipinski definition) is 6. The molecule has 0 aliphatic carbocycles. The predicted octanol–water partition coefficient (Wildman–Crippen LogP) is 1.98. The number of benzene rings is 1. The van der Waals surface area contributed by atoms with Gasteiger partial charge in [0.25, 0.3) is 5.91 Å². The number of carbonyl (C=O) groups is 1. The number of fused-ring (bicyclic) bond motifs is 1. The Bertz CT molecular complexity index is 830. The lowest BCUT2D eigenvalue weighted by atomic mass is 10.0. The topological polar surface area (TPSA) is 81.9 Å². The average molecular weight is 327 g/mol. The normalized spacial score (nSPS) is 16.4. The summed E-state index contributed by atoms with van der Waals surface area (Å²) in [7, 11) is 0. The van der Waals surface area contributed by atoms with Crippen molar-refractivity contribution in [3.05, 3.63) is 52.5 Å². The lowest BCUT2D eigenvalue weighted by Crippen LogP contribution is -2.32. The van der Waals surface area contributed by atoms with Gasteiger partial charge in [0, 0.05) is 12.0 Å². The zero-order chi connectivity index (χ0) is 15.6. The minimum Gasteiger partial charge on any atom is -0.493 e. The van der Waals surface area contributed by atoms with E-state index in [0.29, 0.717) is 17.2 Å². The van der Waals surface area contributed by atoms with Crippen molar-refractivity contribution in [1.82, 2.24) is 25.5 Å². The van der Waals surface area contributed by atoms with Gasteiger partial charge in [-0.15, -0.1) is 16.4 Å². The van der Waals surface area contributed by atoms with Crippen LogP contribution in [0.4, 0.5) is 0 Å². The summed E-state index contributed by atoms with van der Waals surface area (Å²) in [5, 5.41) is 16.0. The Labute approximate surface area is 135 Å². The van der Waals surface area contributed by atoms with Crippen LogP contribution in [0.1, 0.15) is 27.7 Å². The molecule has 0 bridgehead atoms. The lowest BCUT2D eigenvalue weighted by molar-refractivity contribution is 0.0929. The van der Waals surface area contributed by atoms with E-state index in [-0.39, 0.29) is 11.9 Å². The van der Waals surface area contributed by atoms with Gasteiger partial charge < -0.3 is 10.1 Å². The summed E-state index contributed by atoms with van der Waals surface area (Å²) < 4.78 is 7.12. The largest absolute Gasteiger partial charge is 0.493 e. The first-order chi connectivity index (χ1) is 11.3. The molecule has 0 saturated carbocycles. The molecule has 7 nitrogen and oxygen atoms in total. The van der Waals surface area contributed by atoms with Gasteiger partial charge in [0.05, 0.1) is 18.3 Å². The molecule has 3 heterocycles. The molecule has 1 amide bonds. The number of ether oxygens (including phenoxy) is 1. The Balaban J connectivity index is 1.59. The summed E-state index contributed by atoms with van der Waals surface area (Å²) >= 11 is 1.37. The van der Waals surface area contributed by atoms with Gasteiger partial charge in [-0.1, -0.05) is 18.2 Å². The highest BCUT2D eigenvalue weighted by atomic mass is 32.1. The van der Waals surface area contributed by atoms with E-state index in [4.69, 9.17) is 4.74 Å². The van der Waals surface area contributed by atoms with Crippen LogP contribution in [0.3, 0.4) is 0 Å². The van der Waals surface area contributed by atoms with Crippen LogP contribution in [-0.4, -0.2) is 32.7 Å². The molecule has 8 heteroatoms. The Hall–Kier alpha value is -2.74. The van der Waals surface area contributed by atoms with Gasteiger partial charge in [-0.05, 0) is 27.9 Å². The minimum absolute atomic E-state index is 0.0590. The number of aromatic nitrogens is 4. The van der Waals surface area contributed by atoms with Crippen LogP contribution < -0.4 is 10.1 Å². The van der Waals surface area contributed by atoms with Crippen LogP contribution in [0.15, 0.2) is 42.0 Å². The summed E-state index contributed by atoms with van der Waals surface area (Å²) in [6.07, 6.45) is 2.22. The van der Waals surface area contributed by atoms with Crippen molar-refractivity contribution < 1.29 is 9.53 Å². The number of rotatable bonds is 3. The fourth-order valence-corrected chi connectivity index (χ4v) is 3.42. The van der Waals surface area contributed by atoms with E-state index in [9.17, 15) is 4.79 Å². The molecular weight excluding hydrogens is 314 g/mol. The van der Waals surface area contributed by atoms with Gasteiger partial charge in [0.15, 0.2) is 0 Å². The summed E-state index contributed by atoms with van der Waals surface area (Å²) in [6, 6.07) is 9.55. The minimum atomic E-state index is -0.132. The van der Waals surface area contributed by atoms with Gasteiger partial charge >= 0.3 is 0 Å². The molecule has 2 aromatic heterocycles. The second-order valence-electron chi connectivity index (χ2n) is 5.09. The first-order valence-electron chi connectivity index (χ1n) is 7.16. The van der Waals surface area contributed by atoms with Crippen molar-refractivity contribution in [3.63, 3.8) is 0 Å². The second kappa shape index (κ2) is 5.81. The number of tetrazole rings is 1. The molecule has 1 unspecified atom stereocenters. The third-order valence-electron chi connectivity index (χ3n) is 3.71. The molecule has 0 saturated heterocycles. The van der Waals surface area contributed by atoms with Crippen molar-refractivity contribution in [2.75, 3.05) is 6.61 Å². The fourth-order valence-electron chi connectivity index (χ4n) is 2.64. The Kier molecular flexibility index (Phi) is 3.51. The fraction of sp³-hybridized carbons (Fsp3) is 0.200. The van der Waals surface area contributed by atoms with E-state index < -0.39 is 0 Å². The first kappa shape index (κ1) is 13.9. The van der Waals surface area contributed by atoms with Gasteiger partial charge in [0.1, 0.15) is 17.0 Å². The lowest BCUT2D eigenvalue weighted by Gasteiger charge is -2.26. The molecule has 116 valence electrons. The molecule has 3 aromatic rings. The zero-order valence-corrected chi connectivity index (χ0v) is 12.9. The maximum absolute atomic E-state index is 12.7. The monoisotopic (exact) mass is 327 g/mol. The SMILES string of the molecule is O=C(NC1CCOc2ccccc21)c1sccc1-n1cnnn1. The number of para-hydroxylation sites is 1. The van der Waals surface area contributed by atoms with E-state index in [2.05, 4.69) is 20.8 Å². The van der Waals surface area contributed by atoms with Crippen molar-refractivity contribution >= 4 is 17.2 Å². The van der Waals surface area contributed by atoms with Gasteiger partial charge in [-0.25, -0.2) is 0 Å². The first-order valence-corrected chi connectivity index (χ1v) is 8.04. The van der Waals surface area contributed by atoms with Crippen LogP contribution in [0.5, 0.6) is 5.75 Å². The van der Waals surface area contributed by atoms with Crippen molar-refractivity contribution in [1.29, 1.82) is 0 Å². The van der Waals surface area contributed by atoms with Crippen molar-refractivity contribution in [3.8, 4) is 11.4 Å². The molecule has 1 aromatic carbocycles. The highest BCUT2D eigenvalue weighted by Crippen LogP contribution is 2.32. The van der Waals surface area contributed by atoms with E-state index in [1.807, 2.05) is 35.7 Å². The molecule has 1 aliphatic heterocycles. The highest BCUT2D eigenvalue weighted by molar-refractivity contribution is 7.12. The molecule has 0 spiro atoms. The number of carbonyl (C=O) groups excluding carboxylic acids is 1. The van der Waals surface area contributed by atoms with Gasteiger partial charge in [-0.2, -0.15) is 4.68 Å². The Morgan fingerprint density at radius 1 is 1.35 bits per heavy atom. The quantitative estimate of drug-likeness (QED) is 0.795. The highest BCUT2D eigenvalue weighted by Gasteiger charge is 2.25. The molecule has 23 heavy (non-hydrogen) atoms. The smallest absolute Gasteiger partial charge is 0.264 e. The summed E-state index contributed by atoms with van der Waals surface area (Å²) in [4.78, 5) is 13.3. The maximum Gasteiger partial charge on any atom is 0.264 e. The Morgan fingerprint density at radius 3 is 3.13 bits per heavy atom. The molecule has 4 rings (SSSR count). The standard InChI is InChI=1S/C15H13N5O2S/c21-15(14-12(6-8-23-14)20-9-16-18-19-20)17-11-5-7-22-13-4-2-1-3-10(11)13/h1-4,6,8-9,11H,5,7H2,(H,17,21). The summed E-state index contributed by atoms with van der Waals surface area (Å²) in [6.45, 7) is 0.590. The van der Waals surface area contributed by atoms with Crippen LogP contribution in [-0.2, 0) is 0 Å². The average Bonchev–Trinajstić information content (AvgIpc) is 3.26. The number of thiophene rings is 1. The van der Waals surface area contributed by atoms with Crippen LogP contribution in [0, 0.1) is 0 Å². The van der Waals surface area contributed by atoms with Gasteiger partial charge in [0.2, 0.25) is 0 Å². The van der Waals surface area contributed by atoms with Crippen molar-refractivity contribution in [2.45, 2.75) is 12.5 Å². The van der Waals surface area contributed by atoms with E-state index in [1.165, 1.54) is 22.3 Å². The van der Waals surface area contributed by atoms with Gasteiger partial charge in [-0.3, -0.25) is 4.79 Å².